The second-order valence-corrected chi connectivity index (χ2v) is 3.62. The van der Waals surface area contributed by atoms with Gasteiger partial charge in [-0.05, 0) is 12.1 Å². The molecule has 0 fully saturated rings. The van der Waals surface area contributed by atoms with Crippen molar-refractivity contribution in [2.75, 3.05) is 0 Å². The van der Waals surface area contributed by atoms with Gasteiger partial charge in [-0.1, -0.05) is 15.9 Å². The van der Waals surface area contributed by atoms with Gasteiger partial charge in [0.1, 0.15) is 11.6 Å². The molecule has 1 atom stereocenters. The minimum absolute atomic E-state index is 0.116. The van der Waals surface area contributed by atoms with Gasteiger partial charge in [0.05, 0.1) is 11.7 Å². The normalized spacial score (nSPS) is 12.2. The SMILES string of the molecule is C#CCC(O)c1c(F)cc(Br)cc1F. The summed E-state index contributed by atoms with van der Waals surface area (Å²) in [5.41, 5.74) is -0.383. The zero-order valence-corrected chi connectivity index (χ0v) is 8.68. The number of rotatable bonds is 2. The van der Waals surface area contributed by atoms with E-state index in [1.54, 1.807) is 0 Å². The van der Waals surface area contributed by atoms with E-state index in [0.717, 1.165) is 12.1 Å². The molecule has 0 aromatic heterocycles. The Hall–Kier alpha value is -0.920. The van der Waals surface area contributed by atoms with Gasteiger partial charge >= 0.3 is 0 Å². The molecule has 1 nitrogen and oxygen atoms in total. The van der Waals surface area contributed by atoms with Crippen molar-refractivity contribution in [3.05, 3.63) is 33.8 Å². The Morgan fingerprint density at radius 2 is 1.93 bits per heavy atom. The van der Waals surface area contributed by atoms with E-state index in [2.05, 4.69) is 21.9 Å². The average Bonchev–Trinajstić information content (AvgIpc) is 2.01. The van der Waals surface area contributed by atoms with E-state index in [-0.39, 0.29) is 16.5 Å². The van der Waals surface area contributed by atoms with E-state index < -0.39 is 17.7 Å². The highest BCUT2D eigenvalue weighted by atomic mass is 79.9. The third kappa shape index (κ3) is 2.31. The molecule has 0 aliphatic rings. The number of aliphatic hydroxyl groups excluding tert-OH is 1. The van der Waals surface area contributed by atoms with Crippen molar-refractivity contribution in [1.82, 2.24) is 0 Å². The summed E-state index contributed by atoms with van der Waals surface area (Å²) in [6.07, 6.45) is 3.52. The quantitative estimate of drug-likeness (QED) is 0.811. The van der Waals surface area contributed by atoms with Gasteiger partial charge in [0, 0.05) is 10.9 Å². The summed E-state index contributed by atoms with van der Waals surface area (Å²) in [6.45, 7) is 0. The van der Waals surface area contributed by atoms with Gasteiger partial charge in [0.25, 0.3) is 0 Å². The van der Waals surface area contributed by atoms with Crippen LogP contribution in [0.5, 0.6) is 0 Å². The highest BCUT2D eigenvalue weighted by Crippen LogP contribution is 2.26. The summed E-state index contributed by atoms with van der Waals surface area (Å²) < 4.78 is 26.7. The van der Waals surface area contributed by atoms with Crippen molar-refractivity contribution in [3.63, 3.8) is 0 Å². The van der Waals surface area contributed by atoms with Crippen LogP contribution < -0.4 is 0 Å². The zero-order chi connectivity index (χ0) is 10.7. The first-order valence-electron chi connectivity index (χ1n) is 3.82. The van der Waals surface area contributed by atoms with E-state index in [0.29, 0.717) is 0 Å². The highest BCUT2D eigenvalue weighted by molar-refractivity contribution is 9.10. The molecule has 1 unspecified atom stereocenters. The maximum absolute atomic E-state index is 13.2. The molecule has 0 amide bonds. The third-order valence-electron chi connectivity index (χ3n) is 1.69. The molecule has 4 heteroatoms. The van der Waals surface area contributed by atoms with Crippen molar-refractivity contribution in [2.45, 2.75) is 12.5 Å². The second kappa shape index (κ2) is 4.54. The standard InChI is InChI=1S/C10H7BrF2O/c1-2-3-9(14)10-7(12)4-6(11)5-8(10)13/h1,4-5,9,14H,3H2. The van der Waals surface area contributed by atoms with Crippen LogP contribution in [0.25, 0.3) is 0 Å². The predicted molar refractivity (Wildman–Crippen MR) is 52.5 cm³/mol. The fraction of sp³-hybridized carbons (Fsp3) is 0.200. The van der Waals surface area contributed by atoms with Gasteiger partial charge in [-0.15, -0.1) is 12.3 Å². The maximum atomic E-state index is 13.2. The zero-order valence-electron chi connectivity index (χ0n) is 7.10. The van der Waals surface area contributed by atoms with E-state index in [1.165, 1.54) is 0 Å². The topological polar surface area (TPSA) is 20.2 Å². The fourth-order valence-corrected chi connectivity index (χ4v) is 1.49. The molecule has 0 spiro atoms. The largest absolute Gasteiger partial charge is 0.387 e. The lowest BCUT2D eigenvalue weighted by Crippen LogP contribution is -2.03. The Morgan fingerprint density at radius 1 is 1.43 bits per heavy atom. The molecule has 0 radical (unpaired) electrons. The predicted octanol–water partition coefficient (Wildman–Crippen LogP) is 2.78. The number of hydrogen-bond donors (Lipinski definition) is 1. The summed E-state index contributed by atoms with van der Waals surface area (Å²) in [5.74, 6) is 0.528. The summed E-state index contributed by atoms with van der Waals surface area (Å²) >= 11 is 2.93. The molecule has 74 valence electrons. The van der Waals surface area contributed by atoms with Crippen LogP contribution in [0.15, 0.2) is 16.6 Å². The number of halogens is 3. The van der Waals surface area contributed by atoms with Gasteiger partial charge < -0.3 is 5.11 Å². The molecule has 1 rings (SSSR count). The molecule has 1 aromatic rings. The summed E-state index contributed by atoms with van der Waals surface area (Å²) in [5, 5.41) is 9.34. The molecule has 0 heterocycles. The average molecular weight is 261 g/mol. The van der Waals surface area contributed by atoms with Crippen LogP contribution in [0, 0.1) is 24.0 Å². The number of hydrogen-bond acceptors (Lipinski definition) is 1. The van der Waals surface area contributed by atoms with Gasteiger partial charge in [-0.25, -0.2) is 8.78 Å². The van der Waals surface area contributed by atoms with E-state index in [1.807, 2.05) is 0 Å². The van der Waals surface area contributed by atoms with E-state index >= 15 is 0 Å². The minimum atomic E-state index is -1.30. The Labute approximate surface area is 88.9 Å². The molecule has 0 aliphatic carbocycles. The molecular weight excluding hydrogens is 254 g/mol. The van der Waals surface area contributed by atoms with Gasteiger partial charge in [0.2, 0.25) is 0 Å². The number of terminal acetylenes is 1. The lowest BCUT2D eigenvalue weighted by atomic mass is 10.1. The molecule has 0 aliphatic heterocycles. The molecule has 0 saturated carbocycles. The third-order valence-corrected chi connectivity index (χ3v) is 2.15. The van der Waals surface area contributed by atoms with Crippen molar-refractivity contribution < 1.29 is 13.9 Å². The Morgan fingerprint density at radius 3 is 2.36 bits per heavy atom. The van der Waals surface area contributed by atoms with Crippen molar-refractivity contribution in [1.29, 1.82) is 0 Å². The molecule has 0 bridgehead atoms. The Kier molecular flexibility index (Phi) is 3.62. The Balaban J connectivity index is 3.15. The van der Waals surface area contributed by atoms with E-state index in [9.17, 15) is 13.9 Å². The highest BCUT2D eigenvalue weighted by Gasteiger charge is 2.17. The van der Waals surface area contributed by atoms with Crippen LogP contribution in [0.1, 0.15) is 18.1 Å². The van der Waals surface area contributed by atoms with Crippen LogP contribution in [-0.2, 0) is 0 Å². The minimum Gasteiger partial charge on any atom is -0.387 e. The number of benzene rings is 1. The smallest absolute Gasteiger partial charge is 0.133 e. The number of aliphatic hydroxyl groups is 1. The van der Waals surface area contributed by atoms with Crippen LogP contribution in [0.3, 0.4) is 0 Å². The monoisotopic (exact) mass is 260 g/mol. The maximum Gasteiger partial charge on any atom is 0.133 e. The van der Waals surface area contributed by atoms with Crippen molar-refractivity contribution in [3.8, 4) is 12.3 Å². The van der Waals surface area contributed by atoms with Crippen LogP contribution in [0.4, 0.5) is 8.78 Å². The molecule has 1 aromatic carbocycles. The van der Waals surface area contributed by atoms with Gasteiger partial charge in [0.15, 0.2) is 0 Å². The van der Waals surface area contributed by atoms with Crippen molar-refractivity contribution in [2.24, 2.45) is 0 Å². The van der Waals surface area contributed by atoms with E-state index in [4.69, 9.17) is 6.42 Å². The van der Waals surface area contributed by atoms with Gasteiger partial charge in [-0.3, -0.25) is 0 Å². The first-order valence-corrected chi connectivity index (χ1v) is 4.61. The second-order valence-electron chi connectivity index (χ2n) is 2.71. The fourth-order valence-electron chi connectivity index (χ4n) is 1.09. The van der Waals surface area contributed by atoms with Crippen molar-refractivity contribution >= 4 is 15.9 Å². The lowest BCUT2D eigenvalue weighted by molar-refractivity contribution is 0.173. The summed E-state index contributed by atoms with van der Waals surface area (Å²) in [7, 11) is 0. The molecule has 14 heavy (non-hydrogen) atoms. The Bertz CT molecular complexity index is 361. The molecule has 1 N–H and O–H groups in total. The first kappa shape index (κ1) is 11.2. The van der Waals surface area contributed by atoms with Gasteiger partial charge in [-0.2, -0.15) is 0 Å². The first-order chi connectivity index (χ1) is 6.56. The van der Waals surface area contributed by atoms with Crippen LogP contribution in [-0.4, -0.2) is 5.11 Å². The lowest BCUT2D eigenvalue weighted by Gasteiger charge is -2.10. The van der Waals surface area contributed by atoms with Crippen LogP contribution >= 0.6 is 15.9 Å². The summed E-state index contributed by atoms with van der Waals surface area (Å²) in [6, 6.07) is 2.16. The van der Waals surface area contributed by atoms with Crippen LogP contribution in [0.2, 0.25) is 0 Å². The summed E-state index contributed by atoms with van der Waals surface area (Å²) in [4.78, 5) is 0. The molecule has 0 saturated heterocycles. The molecular formula is C10H7BrF2O.